The molecule has 10 heteroatoms. The number of hydrogen-bond donors (Lipinski definition) is 2. The summed E-state index contributed by atoms with van der Waals surface area (Å²) < 4.78 is 4.99. The molecule has 1 unspecified atom stereocenters. The average Bonchev–Trinajstić information content (AvgIpc) is 2.62. The summed E-state index contributed by atoms with van der Waals surface area (Å²) in [6.45, 7) is 0.927. The Kier molecular flexibility index (Phi) is 7.95. The lowest BCUT2D eigenvalue weighted by Gasteiger charge is -2.15. The zero-order chi connectivity index (χ0) is 20.8. The number of hydrogen-bond acceptors (Lipinski definition) is 4. The van der Waals surface area contributed by atoms with Gasteiger partial charge in [0.15, 0.2) is 6.10 Å². The molecule has 6 nitrogen and oxygen atoms in total. The molecule has 0 aliphatic carbocycles. The molecule has 0 fully saturated rings. The molecule has 2 N–H and O–H groups in total. The van der Waals surface area contributed by atoms with Gasteiger partial charge in [-0.05, 0) is 43.3 Å². The Balaban J connectivity index is 1.87. The minimum Gasteiger partial charge on any atom is -0.451 e. The van der Waals surface area contributed by atoms with Crippen molar-refractivity contribution in [2.75, 3.05) is 11.9 Å². The number of nitrogens with one attached hydrogen (secondary N) is 2. The first-order valence-electron chi connectivity index (χ1n) is 7.86. The Hall–Kier alpha value is -1.99. The SMILES string of the molecule is CC(OC(=O)CNC(=O)c1ccc(Cl)cc1Cl)C(=O)Nc1cc(Cl)ccc1Cl. The quantitative estimate of drug-likeness (QED) is 0.613. The van der Waals surface area contributed by atoms with Gasteiger partial charge in [-0.25, -0.2) is 0 Å². The van der Waals surface area contributed by atoms with Gasteiger partial charge in [0, 0.05) is 10.0 Å². The van der Waals surface area contributed by atoms with Crippen LogP contribution in [-0.2, 0) is 14.3 Å². The van der Waals surface area contributed by atoms with Gasteiger partial charge in [-0.15, -0.1) is 0 Å². The average molecular weight is 464 g/mol. The highest BCUT2D eigenvalue weighted by atomic mass is 35.5. The molecule has 148 valence electrons. The number of rotatable bonds is 6. The summed E-state index contributed by atoms with van der Waals surface area (Å²) in [6, 6.07) is 8.88. The number of anilines is 1. The second-order valence-electron chi connectivity index (χ2n) is 5.55. The molecule has 0 aliphatic rings. The highest BCUT2D eigenvalue weighted by Crippen LogP contribution is 2.25. The fourth-order valence-corrected chi connectivity index (χ4v) is 2.87. The van der Waals surface area contributed by atoms with Gasteiger partial charge in [0.1, 0.15) is 6.54 Å². The Morgan fingerprint density at radius 3 is 2.29 bits per heavy atom. The molecule has 1 atom stereocenters. The van der Waals surface area contributed by atoms with Crippen LogP contribution in [0.3, 0.4) is 0 Å². The lowest BCUT2D eigenvalue weighted by Crippen LogP contribution is -2.36. The molecule has 0 aromatic heterocycles. The standard InChI is InChI=1S/C18H14Cl4N2O4/c1-9(17(26)24-15-7-11(20)3-5-13(15)21)28-16(25)8-23-18(27)12-4-2-10(19)6-14(12)22/h2-7,9H,8H2,1H3,(H,23,27)(H,24,26). The molecular weight excluding hydrogens is 450 g/mol. The fraction of sp³-hybridized carbons (Fsp3) is 0.167. The van der Waals surface area contributed by atoms with Crippen molar-refractivity contribution in [2.24, 2.45) is 0 Å². The third-order valence-corrected chi connectivity index (χ3v) is 4.55. The molecular formula is C18H14Cl4N2O4. The van der Waals surface area contributed by atoms with Crippen LogP contribution < -0.4 is 10.6 Å². The highest BCUT2D eigenvalue weighted by molar-refractivity contribution is 6.37. The Morgan fingerprint density at radius 2 is 1.61 bits per heavy atom. The van der Waals surface area contributed by atoms with Crippen LogP contribution >= 0.6 is 46.4 Å². The maximum atomic E-state index is 12.1. The molecule has 2 aromatic rings. The van der Waals surface area contributed by atoms with Crippen molar-refractivity contribution >= 4 is 69.9 Å². The summed E-state index contributed by atoms with van der Waals surface area (Å²) >= 11 is 23.5. The van der Waals surface area contributed by atoms with E-state index in [4.69, 9.17) is 51.1 Å². The molecule has 0 saturated heterocycles. The van der Waals surface area contributed by atoms with Crippen molar-refractivity contribution in [3.8, 4) is 0 Å². The van der Waals surface area contributed by atoms with Crippen LogP contribution in [0.2, 0.25) is 20.1 Å². The van der Waals surface area contributed by atoms with Crippen LogP contribution in [0.4, 0.5) is 5.69 Å². The van der Waals surface area contributed by atoms with Crippen molar-refractivity contribution in [2.45, 2.75) is 13.0 Å². The Bertz CT molecular complexity index is 920. The highest BCUT2D eigenvalue weighted by Gasteiger charge is 2.20. The smallest absolute Gasteiger partial charge is 0.326 e. The fourth-order valence-electron chi connectivity index (χ4n) is 2.04. The molecule has 2 rings (SSSR count). The predicted molar refractivity (Wildman–Crippen MR) is 109 cm³/mol. The second-order valence-corrected chi connectivity index (χ2v) is 7.24. The lowest BCUT2D eigenvalue weighted by molar-refractivity contribution is -0.152. The van der Waals surface area contributed by atoms with E-state index < -0.39 is 30.4 Å². The van der Waals surface area contributed by atoms with Gasteiger partial charge in [0.25, 0.3) is 11.8 Å². The topological polar surface area (TPSA) is 84.5 Å². The molecule has 0 aliphatic heterocycles. The summed E-state index contributed by atoms with van der Waals surface area (Å²) in [5.74, 6) is -2.00. The van der Waals surface area contributed by atoms with Crippen LogP contribution in [-0.4, -0.2) is 30.4 Å². The van der Waals surface area contributed by atoms with Crippen molar-refractivity contribution < 1.29 is 19.1 Å². The maximum Gasteiger partial charge on any atom is 0.326 e. The third-order valence-electron chi connectivity index (χ3n) is 3.43. The number of halogens is 4. The van der Waals surface area contributed by atoms with E-state index in [2.05, 4.69) is 10.6 Å². The van der Waals surface area contributed by atoms with Crippen molar-refractivity contribution in [1.82, 2.24) is 5.32 Å². The van der Waals surface area contributed by atoms with Gasteiger partial charge in [0.05, 0.1) is 21.3 Å². The minimum atomic E-state index is -1.13. The first kappa shape index (κ1) is 22.3. The van der Waals surface area contributed by atoms with Crippen LogP contribution in [0.15, 0.2) is 36.4 Å². The van der Waals surface area contributed by atoms with Crippen LogP contribution in [0.1, 0.15) is 17.3 Å². The van der Waals surface area contributed by atoms with Crippen LogP contribution in [0.25, 0.3) is 0 Å². The van der Waals surface area contributed by atoms with Gasteiger partial charge < -0.3 is 15.4 Å². The van der Waals surface area contributed by atoms with Crippen LogP contribution in [0, 0.1) is 0 Å². The molecule has 0 radical (unpaired) electrons. The van der Waals surface area contributed by atoms with E-state index >= 15 is 0 Å². The maximum absolute atomic E-state index is 12.1. The first-order valence-corrected chi connectivity index (χ1v) is 9.37. The van der Waals surface area contributed by atoms with Crippen molar-refractivity contribution in [1.29, 1.82) is 0 Å². The lowest BCUT2D eigenvalue weighted by atomic mass is 10.2. The molecule has 2 aromatic carbocycles. The molecule has 0 heterocycles. The third kappa shape index (κ3) is 6.27. The molecule has 2 amide bonds. The molecule has 28 heavy (non-hydrogen) atoms. The predicted octanol–water partition coefficient (Wildman–Crippen LogP) is 4.60. The monoisotopic (exact) mass is 462 g/mol. The second kappa shape index (κ2) is 9.98. The Labute approximate surface area is 181 Å². The number of esters is 1. The van der Waals surface area contributed by atoms with E-state index in [9.17, 15) is 14.4 Å². The van der Waals surface area contributed by atoms with Gasteiger partial charge in [-0.3, -0.25) is 14.4 Å². The largest absolute Gasteiger partial charge is 0.451 e. The van der Waals surface area contributed by atoms with E-state index in [1.165, 1.54) is 37.3 Å². The van der Waals surface area contributed by atoms with Crippen molar-refractivity contribution in [3.63, 3.8) is 0 Å². The summed E-state index contributed by atoms with van der Waals surface area (Å²) in [4.78, 5) is 36.1. The van der Waals surface area contributed by atoms with E-state index in [1.807, 2.05) is 0 Å². The number of carbonyl (C=O) groups is 3. The number of carbonyl (C=O) groups excluding carboxylic acids is 3. The number of amides is 2. The summed E-state index contributed by atoms with van der Waals surface area (Å²) in [7, 11) is 0. The van der Waals surface area contributed by atoms with Crippen LogP contribution in [0.5, 0.6) is 0 Å². The number of benzene rings is 2. The zero-order valence-corrected chi connectivity index (χ0v) is 17.4. The summed E-state index contributed by atoms with van der Waals surface area (Å²) in [6.07, 6.45) is -1.13. The molecule has 0 saturated carbocycles. The summed E-state index contributed by atoms with van der Waals surface area (Å²) in [5.41, 5.74) is 0.438. The summed E-state index contributed by atoms with van der Waals surface area (Å²) in [5, 5.41) is 6.05. The van der Waals surface area contributed by atoms with Gasteiger partial charge in [0.2, 0.25) is 0 Å². The van der Waals surface area contributed by atoms with Gasteiger partial charge in [-0.2, -0.15) is 0 Å². The van der Waals surface area contributed by atoms with E-state index in [1.54, 1.807) is 6.07 Å². The number of ether oxygens (including phenoxy) is 1. The van der Waals surface area contributed by atoms with Gasteiger partial charge >= 0.3 is 5.97 Å². The zero-order valence-electron chi connectivity index (χ0n) is 14.4. The van der Waals surface area contributed by atoms with Crippen molar-refractivity contribution in [3.05, 3.63) is 62.1 Å². The van der Waals surface area contributed by atoms with E-state index in [0.29, 0.717) is 10.0 Å². The van der Waals surface area contributed by atoms with E-state index in [-0.39, 0.29) is 21.3 Å². The molecule has 0 bridgehead atoms. The molecule has 0 spiro atoms. The minimum absolute atomic E-state index is 0.143. The normalized spacial score (nSPS) is 11.5. The Morgan fingerprint density at radius 1 is 0.964 bits per heavy atom. The van der Waals surface area contributed by atoms with Gasteiger partial charge in [-0.1, -0.05) is 46.4 Å². The first-order chi connectivity index (χ1) is 13.2. The van der Waals surface area contributed by atoms with E-state index in [0.717, 1.165) is 0 Å².